The first-order chi connectivity index (χ1) is 8.63. The van der Waals surface area contributed by atoms with E-state index in [1.165, 1.54) is 0 Å². The van der Waals surface area contributed by atoms with E-state index in [4.69, 9.17) is 0 Å². The van der Waals surface area contributed by atoms with Gasteiger partial charge in [-0.15, -0.1) is 0 Å². The molecule has 94 valence electrons. The topological polar surface area (TPSA) is 50.4 Å². The van der Waals surface area contributed by atoms with Gasteiger partial charge in [0, 0.05) is 18.3 Å². The molecule has 0 saturated heterocycles. The van der Waals surface area contributed by atoms with Gasteiger partial charge in [0.05, 0.1) is 11.4 Å². The third-order valence-electron chi connectivity index (χ3n) is 2.91. The second-order valence-corrected chi connectivity index (χ2v) is 4.15. The van der Waals surface area contributed by atoms with E-state index >= 15 is 0 Å². The van der Waals surface area contributed by atoms with E-state index in [0.717, 1.165) is 23.6 Å². The number of rotatable bonds is 3. The Hall–Kier alpha value is -2.10. The Kier molecular flexibility index (Phi) is 3.46. The fourth-order valence-electron chi connectivity index (χ4n) is 1.91. The van der Waals surface area contributed by atoms with Crippen LogP contribution in [-0.4, -0.2) is 21.1 Å². The van der Waals surface area contributed by atoms with Crippen molar-refractivity contribution in [3.05, 3.63) is 41.2 Å². The van der Waals surface area contributed by atoms with Crippen LogP contribution in [-0.2, 0) is 6.54 Å². The van der Waals surface area contributed by atoms with Crippen LogP contribution in [0.25, 0.3) is 0 Å². The zero-order chi connectivity index (χ0) is 13.1. The average molecular weight is 243 g/mol. The number of aromatic hydroxyl groups is 1. The van der Waals surface area contributed by atoms with Gasteiger partial charge in [0.2, 0.25) is 0 Å². The molecular weight excluding hydrogens is 226 g/mol. The van der Waals surface area contributed by atoms with E-state index in [-0.39, 0.29) is 5.75 Å². The third kappa shape index (κ3) is 2.27. The number of phenols is 1. The minimum absolute atomic E-state index is 0.236. The van der Waals surface area contributed by atoms with Crippen molar-refractivity contribution in [1.82, 2.24) is 9.78 Å². The molecule has 2 aromatic rings. The van der Waals surface area contributed by atoms with Gasteiger partial charge in [-0.3, -0.25) is 9.67 Å². The molecule has 0 aliphatic heterocycles. The number of aliphatic imine (C=N–C) groups is 1. The molecule has 1 aromatic heterocycles. The van der Waals surface area contributed by atoms with Crippen LogP contribution in [0.1, 0.15) is 23.9 Å². The molecule has 4 heteroatoms. The van der Waals surface area contributed by atoms with Gasteiger partial charge in [-0.1, -0.05) is 12.1 Å². The van der Waals surface area contributed by atoms with Gasteiger partial charge in [0.25, 0.3) is 0 Å². The fraction of sp³-hybridized carbons (Fsp3) is 0.286. The van der Waals surface area contributed by atoms with Gasteiger partial charge in [0.1, 0.15) is 11.4 Å². The number of para-hydroxylation sites is 1. The molecule has 0 atom stereocenters. The second-order valence-electron chi connectivity index (χ2n) is 4.15. The number of hydrogen-bond acceptors (Lipinski definition) is 3. The summed E-state index contributed by atoms with van der Waals surface area (Å²) < 4.78 is 1.92. The third-order valence-corrected chi connectivity index (χ3v) is 2.91. The molecule has 0 bridgehead atoms. The van der Waals surface area contributed by atoms with Gasteiger partial charge < -0.3 is 5.11 Å². The largest absolute Gasteiger partial charge is 0.507 e. The highest BCUT2D eigenvalue weighted by atomic mass is 16.3. The summed E-state index contributed by atoms with van der Waals surface area (Å²) in [7, 11) is 0. The van der Waals surface area contributed by atoms with E-state index in [2.05, 4.69) is 17.0 Å². The van der Waals surface area contributed by atoms with E-state index in [1.54, 1.807) is 18.3 Å². The first-order valence-corrected chi connectivity index (χ1v) is 5.99. The van der Waals surface area contributed by atoms with Gasteiger partial charge >= 0.3 is 0 Å². The van der Waals surface area contributed by atoms with E-state index in [1.807, 2.05) is 30.7 Å². The highest BCUT2D eigenvalue weighted by molar-refractivity contribution is 5.85. The van der Waals surface area contributed by atoms with Crippen molar-refractivity contribution in [2.75, 3.05) is 0 Å². The van der Waals surface area contributed by atoms with Crippen molar-refractivity contribution < 1.29 is 5.11 Å². The van der Waals surface area contributed by atoms with Gasteiger partial charge in [0.15, 0.2) is 0 Å². The molecule has 18 heavy (non-hydrogen) atoms. The minimum atomic E-state index is 0.236. The smallest absolute Gasteiger partial charge is 0.124 e. The lowest BCUT2D eigenvalue weighted by Crippen LogP contribution is -1.98. The molecule has 0 aliphatic carbocycles. The van der Waals surface area contributed by atoms with E-state index < -0.39 is 0 Å². The van der Waals surface area contributed by atoms with Gasteiger partial charge in [-0.05, 0) is 32.9 Å². The summed E-state index contributed by atoms with van der Waals surface area (Å²) in [6.45, 7) is 6.83. The summed E-state index contributed by atoms with van der Waals surface area (Å²) in [6, 6.07) is 7.14. The average Bonchev–Trinajstić information content (AvgIpc) is 2.64. The standard InChI is InChI=1S/C14H17N3O/c1-4-17-11(3)14(10(2)16-17)15-9-12-7-5-6-8-13(12)18/h5-9,18H,4H2,1-3H3. The summed E-state index contributed by atoms with van der Waals surface area (Å²) in [4.78, 5) is 4.44. The van der Waals surface area contributed by atoms with Crippen molar-refractivity contribution in [3.63, 3.8) is 0 Å². The predicted molar refractivity (Wildman–Crippen MR) is 72.7 cm³/mol. The van der Waals surface area contributed by atoms with Crippen LogP contribution in [0.2, 0.25) is 0 Å². The second kappa shape index (κ2) is 5.04. The minimum Gasteiger partial charge on any atom is -0.507 e. The predicted octanol–water partition coefficient (Wildman–Crippen LogP) is 2.98. The molecule has 0 saturated carbocycles. The quantitative estimate of drug-likeness (QED) is 0.842. The van der Waals surface area contributed by atoms with Crippen molar-refractivity contribution >= 4 is 11.9 Å². The first kappa shape index (κ1) is 12.4. The molecule has 1 aromatic carbocycles. The maximum absolute atomic E-state index is 9.67. The zero-order valence-electron chi connectivity index (χ0n) is 10.9. The molecule has 0 spiro atoms. The molecule has 0 fully saturated rings. The van der Waals surface area contributed by atoms with Crippen LogP contribution in [0.15, 0.2) is 29.3 Å². The molecule has 1 N–H and O–H groups in total. The summed E-state index contributed by atoms with van der Waals surface area (Å²) in [5.41, 5.74) is 3.53. The molecular formula is C14H17N3O. The normalized spacial score (nSPS) is 11.3. The number of hydrogen-bond donors (Lipinski definition) is 1. The Morgan fingerprint density at radius 2 is 2.06 bits per heavy atom. The van der Waals surface area contributed by atoms with Crippen molar-refractivity contribution in [2.45, 2.75) is 27.3 Å². The first-order valence-electron chi connectivity index (χ1n) is 5.99. The van der Waals surface area contributed by atoms with Crippen molar-refractivity contribution in [2.24, 2.45) is 4.99 Å². The molecule has 4 nitrogen and oxygen atoms in total. The SMILES string of the molecule is CCn1nc(C)c(N=Cc2ccccc2O)c1C. The number of phenolic OH excluding ortho intramolecular Hbond substituents is 1. The fourth-order valence-corrected chi connectivity index (χ4v) is 1.91. The van der Waals surface area contributed by atoms with Crippen LogP contribution in [0.3, 0.4) is 0 Å². The number of aryl methyl sites for hydroxylation is 2. The highest BCUT2D eigenvalue weighted by Gasteiger charge is 2.08. The number of nitrogens with zero attached hydrogens (tertiary/aromatic N) is 3. The number of benzene rings is 1. The Morgan fingerprint density at radius 1 is 1.33 bits per heavy atom. The Balaban J connectivity index is 2.35. The summed E-state index contributed by atoms with van der Waals surface area (Å²) >= 11 is 0. The maximum Gasteiger partial charge on any atom is 0.124 e. The Morgan fingerprint density at radius 3 is 2.67 bits per heavy atom. The summed E-state index contributed by atoms with van der Waals surface area (Å²) in [5.74, 6) is 0.236. The van der Waals surface area contributed by atoms with Gasteiger partial charge in [-0.2, -0.15) is 5.10 Å². The zero-order valence-corrected chi connectivity index (χ0v) is 10.9. The van der Waals surface area contributed by atoms with Crippen molar-refractivity contribution in [1.29, 1.82) is 0 Å². The molecule has 0 unspecified atom stereocenters. The molecule has 0 radical (unpaired) electrons. The summed E-state index contributed by atoms with van der Waals surface area (Å²) in [6.07, 6.45) is 1.67. The Labute approximate surface area is 107 Å². The Bertz CT molecular complexity index is 585. The van der Waals surface area contributed by atoms with Crippen LogP contribution in [0, 0.1) is 13.8 Å². The lowest BCUT2D eigenvalue weighted by Gasteiger charge is -1.99. The van der Waals surface area contributed by atoms with Gasteiger partial charge in [-0.25, -0.2) is 0 Å². The maximum atomic E-state index is 9.67. The molecule has 0 aliphatic rings. The lowest BCUT2D eigenvalue weighted by molar-refractivity contribution is 0.474. The van der Waals surface area contributed by atoms with Crippen LogP contribution >= 0.6 is 0 Å². The van der Waals surface area contributed by atoms with E-state index in [0.29, 0.717) is 5.56 Å². The number of aromatic nitrogens is 2. The van der Waals surface area contributed by atoms with E-state index in [9.17, 15) is 5.11 Å². The molecule has 1 heterocycles. The van der Waals surface area contributed by atoms with Crippen LogP contribution < -0.4 is 0 Å². The monoisotopic (exact) mass is 243 g/mol. The lowest BCUT2D eigenvalue weighted by atomic mass is 10.2. The molecule has 0 amide bonds. The van der Waals surface area contributed by atoms with Crippen LogP contribution in [0.4, 0.5) is 5.69 Å². The molecule has 2 rings (SSSR count). The highest BCUT2D eigenvalue weighted by Crippen LogP contribution is 2.23. The van der Waals surface area contributed by atoms with Crippen molar-refractivity contribution in [3.8, 4) is 5.75 Å². The summed E-state index contributed by atoms with van der Waals surface area (Å²) in [5, 5.41) is 14.1. The van der Waals surface area contributed by atoms with Crippen LogP contribution in [0.5, 0.6) is 5.75 Å².